The highest BCUT2D eigenvalue weighted by Gasteiger charge is 2.16. The highest BCUT2D eigenvalue weighted by atomic mass is 35.5. The van der Waals surface area contributed by atoms with E-state index in [4.69, 9.17) is 11.6 Å². The molecule has 1 nitrogen and oxygen atoms in total. The van der Waals surface area contributed by atoms with Crippen LogP contribution in [0.4, 0.5) is 0 Å². The maximum absolute atomic E-state index is 6.07. The zero-order valence-electron chi connectivity index (χ0n) is 9.83. The number of nitrogens with zero attached hydrogens (tertiary/aromatic N) is 1. The molecule has 0 amide bonds. The number of rotatable bonds is 5. The fourth-order valence-corrected chi connectivity index (χ4v) is 2.31. The van der Waals surface area contributed by atoms with Gasteiger partial charge in [-0.25, -0.2) is 0 Å². The van der Waals surface area contributed by atoms with Gasteiger partial charge < -0.3 is 0 Å². The Morgan fingerprint density at radius 3 is 2.40 bits per heavy atom. The third-order valence-electron chi connectivity index (χ3n) is 2.83. The Bertz CT molecular complexity index is 294. The lowest BCUT2D eigenvalue weighted by atomic mass is 10.0. The molecule has 1 aromatic carbocycles. The summed E-state index contributed by atoms with van der Waals surface area (Å²) in [6, 6.07) is 8.97. The summed E-state index contributed by atoms with van der Waals surface area (Å²) in [5.41, 5.74) is 2.63. The van der Waals surface area contributed by atoms with Crippen LogP contribution in [0.1, 0.15) is 31.0 Å². The topological polar surface area (TPSA) is 3.24 Å². The molecule has 0 saturated heterocycles. The number of hydrogen-bond acceptors (Lipinski definition) is 1. The van der Waals surface area contributed by atoms with Crippen LogP contribution in [0.3, 0.4) is 0 Å². The summed E-state index contributed by atoms with van der Waals surface area (Å²) in [6.45, 7) is 8.57. The zero-order chi connectivity index (χ0) is 11.3. The highest BCUT2D eigenvalue weighted by molar-refractivity contribution is 6.18. The van der Waals surface area contributed by atoms with Crippen molar-refractivity contribution in [1.82, 2.24) is 4.90 Å². The second kappa shape index (κ2) is 6.14. The molecule has 0 aliphatic rings. The van der Waals surface area contributed by atoms with Gasteiger partial charge in [-0.2, -0.15) is 0 Å². The van der Waals surface area contributed by atoms with Crippen LogP contribution in [-0.2, 0) is 0 Å². The van der Waals surface area contributed by atoms with Crippen LogP contribution in [0, 0.1) is 6.92 Å². The van der Waals surface area contributed by atoms with Gasteiger partial charge in [0.25, 0.3) is 0 Å². The van der Waals surface area contributed by atoms with Crippen molar-refractivity contribution in [3.63, 3.8) is 0 Å². The van der Waals surface area contributed by atoms with Crippen molar-refractivity contribution in [2.75, 3.05) is 19.0 Å². The summed E-state index contributed by atoms with van der Waals surface area (Å²) >= 11 is 6.07. The molecule has 0 fully saturated rings. The van der Waals surface area contributed by atoms with E-state index in [1.165, 1.54) is 11.1 Å². The molecule has 0 aromatic heterocycles. The predicted octanol–water partition coefficient (Wildman–Crippen LogP) is 3.62. The van der Waals surface area contributed by atoms with E-state index in [0.29, 0.717) is 11.9 Å². The Morgan fingerprint density at radius 2 is 1.93 bits per heavy atom. The van der Waals surface area contributed by atoms with Gasteiger partial charge in [0, 0.05) is 11.9 Å². The van der Waals surface area contributed by atoms with Gasteiger partial charge in [0.1, 0.15) is 0 Å². The van der Waals surface area contributed by atoms with E-state index in [-0.39, 0.29) is 0 Å². The first-order valence-corrected chi connectivity index (χ1v) is 6.12. The van der Waals surface area contributed by atoms with Gasteiger partial charge in [-0.15, -0.1) is 11.6 Å². The maximum atomic E-state index is 6.07. The molecule has 84 valence electrons. The lowest BCUT2D eigenvalue weighted by Gasteiger charge is -2.28. The summed E-state index contributed by atoms with van der Waals surface area (Å²) in [5.74, 6) is 0.658. The molecule has 2 heteroatoms. The van der Waals surface area contributed by atoms with Crippen molar-refractivity contribution in [2.24, 2.45) is 0 Å². The largest absolute Gasteiger partial charge is 0.296 e. The number of benzene rings is 1. The number of halogens is 1. The number of hydrogen-bond donors (Lipinski definition) is 0. The standard InChI is InChI=1S/C13H20ClN/c1-4-15(5-2)13(10-14)12-8-6-7-11(3)9-12/h6-9,13H,4-5,10H2,1-3H3. The highest BCUT2D eigenvalue weighted by Crippen LogP contribution is 2.22. The van der Waals surface area contributed by atoms with E-state index in [9.17, 15) is 0 Å². The quantitative estimate of drug-likeness (QED) is 0.692. The summed E-state index contributed by atoms with van der Waals surface area (Å²) in [7, 11) is 0. The van der Waals surface area contributed by atoms with Crippen molar-refractivity contribution in [2.45, 2.75) is 26.8 Å². The van der Waals surface area contributed by atoms with Crippen LogP contribution < -0.4 is 0 Å². The van der Waals surface area contributed by atoms with Crippen LogP contribution in [-0.4, -0.2) is 23.9 Å². The van der Waals surface area contributed by atoms with Crippen LogP contribution in [0.15, 0.2) is 24.3 Å². The molecule has 1 aromatic rings. The molecule has 0 saturated carbocycles. The zero-order valence-corrected chi connectivity index (χ0v) is 10.6. The molecule has 0 aliphatic carbocycles. The Kier molecular flexibility index (Phi) is 5.13. The minimum atomic E-state index is 0.349. The van der Waals surface area contributed by atoms with Gasteiger partial charge in [-0.05, 0) is 25.6 Å². The lowest BCUT2D eigenvalue weighted by molar-refractivity contribution is 0.237. The molecule has 15 heavy (non-hydrogen) atoms. The second-order valence-electron chi connectivity index (χ2n) is 3.81. The van der Waals surface area contributed by atoms with Gasteiger partial charge >= 0.3 is 0 Å². The fourth-order valence-electron chi connectivity index (χ4n) is 1.94. The average molecular weight is 226 g/mol. The van der Waals surface area contributed by atoms with E-state index in [1.807, 2.05) is 0 Å². The van der Waals surface area contributed by atoms with Gasteiger partial charge in [-0.1, -0.05) is 43.7 Å². The average Bonchev–Trinajstić information content (AvgIpc) is 2.25. The molecule has 1 atom stereocenters. The van der Waals surface area contributed by atoms with Gasteiger partial charge in [0.15, 0.2) is 0 Å². The Morgan fingerprint density at radius 1 is 1.27 bits per heavy atom. The van der Waals surface area contributed by atoms with Crippen LogP contribution >= 0.6 is 11.6 Å². The smallest absolute Gasteiger partial charge is 0.0483 e. The van der Waals surface area contributed by atoms with Crippen LogP contribution in [0.25, 0.3) is 0 Å². The van der Waals surface area contributed by atoms with Crippen molar-refractivity contribution >= 4 is 11.6 Å². The Hall–Kier alpha value is -0.530. The maximum Gasteiger partial charge on any atom is 0.0483 e. The van der Waals surface area contributed by atoms with Crippen molar-refractivity contribution < 1.29 is 0 Å². The molecule has 1 unspecified atom stereocenters. The van der Waals surface area contributed by atoms with Crippen molar-refractivity contribution in [3.8, 4) is 0 Å². The summed E-state index contributed by atoms with van der Waals surface area (Å²) < 4.78 is 0. The van der Waals surface area contributed by atoms with Gasteiger partial charge in [-0.3, -0.25) is 4.90 Å². The minimum absolute atomic E-state index is 0.349. The predicted molar refractivity (Wildman–Crippen MR) is 67.6 cm³/mol. The van der Waals surface area contributed by atoms with Crippen molar-refractivity contribution in [3.05, 3.63) is 35.4 Å². The minimum Gasteiger partial charge on any atom is -0.296 e. The normalized spacial score (nSPS) is 13.1. The summed E-state index contributed by atoms with van der Waals surface area (Å²) in [6.07, 6.45) is 0. The van der Waals surface area contributed by atoms with E-state index >= 15 is 0 Å². The molecule has 0 radical (unpaired) electrons. The Labute approximate surface area is 98.0 Å². The third kappa shape index (κ3) is 3.22. The third-order valence-corrected chi connectivity index (χ3v) is 3.12. The first-order chi connectivity index (χ1) is 7.22. The van der Waals surface area contributed by atoms with E-state index in [0.717, 1.165) is 13.1 Å². The molecule has 0 N–H and O–H groups in total. The van der Waals surface area contributed by atoms with Crippen LogP contribution in [0.5, 0.6) is 0 Å². The summed E-state index contributed by atoms with van der Waals surface area (Å²) in [4.78, 5) is 2.39. The van der Waals surface area contributed by atoms with Crippen LogP contribution in [0.2, 0.25) is 0 Å². The van der Waals surface area contributed by atoms with E-state index in [1.54, 1.807) is 0 Å². The molecule has 1 rings (SSSR count). The molecule has 0 aliphatic heterocycles. The van der Waals surface area contributed by atoms with Gasteiger partial charge in [0.2, 0.25) is 0 Å². The molecule has 0 heterocycles. The first-order valence-electron chi connectivity index (χ1n) is 5.59. The second-order valence-corrected chi connectivity index (χ2v) is 4.11. The summed E-state index contributed by atoms with van der Waals surface area (Å²) in [5, 5.41) is 0. The molecule has 0 bridgehead atoms. The Balaban J connectivity index is 2.90. The number of alkyl halides is 1. The number of aryl methyl sites for hydroxylation is 1. The lowest BCUT2D eigenvalue weighted by Crippen LogP contribution is -2.29. The van der Waals surface area contributed by atoms with Crippen molar-refractivity contribution in [1.29, 1.82) is 0 Å². The molecular formula is C13H20ClN. The first kappa shape index (κ1) is 12.5. The molecule has 0 spiro atoms. The molecular weight excluding hydrogens is 206 g/mol. The monoisotopic (exact) mass is 225 g/mol. The van der Waals surface area contributed by atoms with Gasteiger partial charge in [0.05, 0.1) is 0 Å². The van der Waals surface area contributed by atoms with E-state index < -0.39 is 0 Å². The van der Waals surface area contributed by atoms with E-state index in [2.05, 4.69) is 49.9 Å². The fraction of sp³-hybridized carbons (Fsp3) is 0.538. The SMILES string of the molecule is CCN(CC)C(CCl)c1cccc(C)c1.